The largest absolute Gasteiger partial charge is 0.338 e. The number of aromatic nitrogens is 2. The molecular weight excluding hydrogens is 322 g/mol. The summed E-state index contributed by atoms with van der Waals surface area (Å²) in [6.45, 7) is 9.63. The Morgan fingerprint density at radius 3 is 2.62 bits per heavy atom. The van der Waals surface area contributed by atoms with Crippen LogP contribution in [0, 0.1) is 0 Å². The SMILES string of the molecule is C=C1CCN(C(=O)c2cnn(-c3cccc(Cl)c3)c2C(C)C)CC1. The van der Waals surface area contributed by atoms with Crippen molar-refractivity contribution in [3.8, 4) is 5.69 Å². The minimum absolute atomic E-state index is 0.0551. The second-order valence-electron chi connectivity index (χ2n) is 6.53. The molecule has 0 aliphatic carbocycles. The van der Waals surface area contributed by atoms with Crippen LogP contribution >= 0.6 is 11.6 Å². The Kier molecular flexibility index (Phi) is 4.76. The second kappa shape index (κ2) is 6.81. The van der Waals surface area contributed by atoms with Crippen molar-refractivity contribution in [1.82, 2.24) is 14.7 Å². The molecule has 1 amide bonds. The first-order valence-electron chi connectivity index (χ1n) is 8.27. The van der Waals surface area contributed by atoms with Gasteiger partial charge in [0.15, 0.2) is 0 Å². The van der Waals surface area contributed by atoms with E-state index < -0.39 is 0 Å². The van der Waals surface area contributed by atoms with Gasteiger partial charge in [0.25, 0.3) is 5.91 Å². The minimum Gasteiger partial charge on any atom is -0.338 e. The maximum atomic E-state index is 13.0. The molecule has 1 aromatic heterocycles. The van der Waals surface area contributed by atoms with Gasteiger partial charge in [-0.2, -0.15) is 5.10 Å². The first-order chi connectivity index (χ1) is 11.5. The fourth-order valence-electron chi connectivity index (χ4n) is 3.09. The summed E-state index contributed by atoms with van der Waals surface area (Å²) in [5, 5.41) is 5.13. The summed E-state index contributed by atoms with van der Waals surface area (Å²) >= 11 is 6.11. The number of amides is 1. The van der Waals surface area contributed by atoms with Gasteiger partial charge in [-0.25, -0.2) is 4.68 Å². The highest BCUT2D eigenvalue weighted by Gasteiger charge is 2.26. The number of carbonyl (C=O) groups is 1. The number of rotatable bonds is 3. The molecule has 2 heterocycles. The van der Waals surface area contributed by atoms with Crippen LogP contribution in [0.1, 0.15) is 48.7 Å². The lowest BCUT2D eigenvalue weighted by Crippen LogP contribution is -2.36. The van der Waals surface area contributed by atoms with Gasteiger partial charge in [0.2, 0.25) is 0 Å². The van der Waals surface area contributed by atoms with E-state index in [1.165, 1.54) is 5.57 Å². The Hall–Kier alpha value is -2.07. The lowest BCUT2D eigenvalue weighted by atomic mass is 10.0. The van der Waals surface area contributed by atoms with Crippen LogP contribution in [0.4, 0.5) is 0 Å². The molecule has 2 aromatic rings. The molecule has 0 atom stereocenters. The third-order valence-corrected chi connectivity index (χ3v) is 4.63. The average molecular weight is 344 g/mol. The molecule has 1 saturated heterocycles. The standard InChI is InChI=1S/C19H22ClN3O/c1-13(2)18-17(19(24)22-9-7-14(3)8-10-22)12-21-23(18)16-6-4-5-15(20)11-16/h4-6,11-13H,3,7-10H2,1-2H3. The van der Waals surface area contributed by atoms with E-state index in [4.69, 9.17) is 11.6 Å². The van der Waals surface area contributed by atoms with Crippen molar-refractivity contribution in [3.05, 3.63) is 58.9 Å². The summed E-state index contributed by atoms with van der Waals surface area (Å²) in [4.78, 5) is 14.9. The molecule has 1 aliphatic rings. The molecule has 5 heteroatoms. The molecule has 1 aromatic carbocycles. The molecule has 0 saturated carbocycles. The fourth-order valence-corrected chi connectivity index (χ4v) is 3.27. The first-order valence-corrected chi connectivity index (χ1v) is 8.65. The molecule has 0 spiro atoms. The van der Waals surface area contributed by atoms with Crippen molar-refractivity contribution in [3.63, 3.8) is 0 Å². The van der Waals surface area contributed by atoms with Crippen LogP contribution in [0.15, 0.2) is 42.6 Å². The van der Waals surface area contributed by atoms with E-state index in [2.05, 4.69) is 25.5 Å². The van der Waals surface area contributed by atoms with Gasteiger partial charge in [-0.05, 0) is 37.0 Å². The average Bonchev–Trinajstić information content (AvgIpc) is 3.00. The van der Waals surface area contributed by atoms with Gasteiger partial charge in [-0.15, -0.1) is 0 Å². The smallest absolute Gasteiger partial charge is 0.257 e. The quantitative estimate of drug-likeness (QED) is 0.773. The number of hydrogen-bond acceptors (Lipinski definition) is 2. The van der Waals surface area contributed by atoms with E-state index in [0.717, 1.165) is 37.3 Å². The molecule has 24 heavy (non-hydrogen) atoms. The van der Waals surface area contributed by atoms with Crippen LogP contribution in [0.2, 0.25) is 5.02 Å². The van der Waals surface area contributed by atoms with E-state index in [-0.39, 0.29) is 11.8 Å². The fraction of sp³-hybridized carbons (Fsp3) is 0.368. The van der Waals surface area contributed by atoms with Crippen LogP contribution in [0.25, 0.3) is 5.69 Å². The second-order valence-corrected chi connectivity index (χ2v) is 6.97. The lowest BCUT2D eigenvalue weighted by Gasteiger charge is -2.28. The maximum Gasteiger partial charge on any atom is 0.257 e. The zero-order chi connectivity index (χ0) is 17.3. The molecule has 126 valence electrons. The highest BCUT2D eigenvalue weighted by molar-refractivity contribution is 6.30. The monoisotopic (exact) mass is 343 g/mol. The van der Waals surface area contributed by atoms with E-state index in [1.807, 2.05) is 33.8 Å². The number of benzene rings is 1. The number of carbonyl (C=O) groups excluding carboxylic acids is 1. The van der Waals surface area contributed by atoms with Crippen molar-refractivity contribution in [1.29, 1.82) is 0 Å². The van der Waals surface area contributed by atoms with Crippen LogP contribution in [-0.2, 0) is 0 Å². The molecule has 1 aliphatic heterocycles. The van der Waals surface area contributed by atoms with Gasteiger partial charge < -0.3 is 4.90 Å². The van der Waals surface area contributed by atoms with Gasteiger partial charge in [0.1, 0.15) is 0 Å². The van der Waals surface area contributed by atoms with Crippen LogP contribution in [0.5, 0.6) is 0 Å². The van der Waals surface area contributed by atoms with Crippen molar-refractivity contribution >= 4 is 17.5 Å². The van der Waals surface area contributed by atoms with Crippen LogP contribution in [0.3, 0.4) is 0 Å². The molecule has 4 nitrogen and oxygen atoms in total. The summed E-state index contributed by atoms with van der Waals surface area (Å²) in [5.74, 6) is 0.227. The number of halogens is 1. The number of likely N-dealkylation sites (tertiary alicyclic amines) is 1. The third kappa shape index (κ3) is 3.24. The predicted molar refractivity (Wildman–Crippen MR) is 96.9 cm³/mol. The Labute approximate surface area is 147 Å². The van der Waals surface area contributed by atoms with Gasteiger partial charge in [-0.3, -0.25) is 4.79 Å². The molecule has 3 rings (SSSR count). The Morgan fingerprint density at radius 1 is 1.29 bits per heavy atom. The summed E-state index contributed by atoms with van der Waals surface area (Å²) in [6, 6.07) is 7.53. The van der Waals surface area contributed by atoms with Crippen molar-refractivity contribution in [2.45, 2.75) is 32.6 Å². The third-order valence-electron chi connectivity index (χ3n) is 4.39. The Balaban J connectivity index is 1.97. The zero-order valence-electron chi connectivity index (χ0n) is 14.1. The van der Waals surface area contributed by atoms with E-state index in [9.17, 15) is 4.79 Å². The topological polar surface area (TPSA) is 38.1 Å². The highest BCUT2D eigenvalue weighted by atomic mass is 35.5. The number of piperidine rings is 1. The van der Waals surface area contributed by atoms with E-state index >= 15 is 0 Å². The van der Waals surface area contributed by atoms with Crippen LogP contribution < -0.4 is 0 Å². The normalized spacial score (nSPS) is 15.2. The lowest BCUT2D eigenvalue weighted by molar-refractivity contribution is 0.0742. The van der Waals surface area contributed by atoms with E-state index in [0.29, 0.717) is 10.6 Å². The minimum atomic E-state index is 0.0551. The predicted octanol–water partition coefficient (Wildman–Crippen LogP) is 4.44. The van der Waals surface area contributed by atoms with Crippen LogP contribution in [-0.4, -0.2) is 33.7 Å². The zero-order valence-corrected chi connectivity index (χ0v) is 14.9. The van der Waals surface area contributed by atoms with E-state index in [1.54, 1.807) is 6.20 Å². The van der Waals surface area contributed by atoms with Crippen molar-refractivity contribution < 1.29 is 4.79 Å². The summed E-state index contributed by atoms with van der Waals surface area (Å²) in [5.41, 5.74) is 3.69. The summed E-state index contributed by atoms with van der Waals surface area (Å²) in [6.07, 6.45) is 3.44. The highest BCUT2D eigenvalue weighted by Crippen LogP contribution is 2.26. The Morgan fingerprint density at radius 2 is 2.00 bits per heavy atom. The van der Waals surface area contributed by atoms with Gasteiger partial charge >= 0.3 is 0 Å². The molecule has 0 unspecified atom stereocenters. The summed E-state index contributed by atoms with van der Waals surface area (Å²) in [7, 11) is 0. The van der Waals surface area contributed by atoms with Gasteiger partial charge in [0, 0.05) is 18.1 Å². The summed E-state index contributed by atoms with van der Waals surface area (Å²) < 4.78 is 1.83. The molecule has 0 radical (unpaired) electrons. The number of hydrogen-bond donors (Lipinski definition) is 0. The number of nitrogens with zero attached hydrogens (tertiary/aromatic N) is 3. The van der Waals surface area contributed by atoms with Crippen molar-refractivity contribution in [2.24, 2.45) is 0 Å². The first kappa shape index (κ1) is 16.8. The molecular formula is C19H22ClN3O. The molecule has 0 bridgehead atoms. The van der Waals surface area contributed by atoms with Crippen molar-refractivity contribution in [2.75, 3.05) is 13.1 Å². The van der Waals surface area contributed by atoms with Gasteiger partial charge in [-0.1, -0.05) is 43.7 Å². The molecule has 0 N–H and O–H groups in total. The maximum absolute atomic E-state index is 13.0. The molecule has 1 fully saturated rings. The van der Waals surface area contributed by atoms with Gasteiger partial charge in [0.05, 0.1) is 23.1 Å². The Bertz CT molecular complexity index is 769.